The second-order valence-corrected chi connectivity index (χ2v) is 8.05. The summed E-state index contributed by atoms with van der Waals surface area (Å²) in [6, 6.07) is 1.64. The number of sulfonamides is 1. The molecular weight excluding hydrogens is 319 g/mol. The Morgan fingerprint density at radius 2 is 2.10 bits per heavy atom. The Balaban J connectivity index is 2.31. The predicted molar refractivity (Wildman–Crippen MR) is 78.5 cm³/mol. The Morgan fingerprint density at radius 1 is 1.48 bits per heavy atom. The van der Waals surface area contributed by atoms with Crippen LogP contribution in [0.15, 0.2) is 17.0 Å². The summed E-state index contributed by atoms with van der Waals surface area (Å²) in [5.41, 5.74) is -0.702. The van der Waals surface area contributed by atoms with Crippen LogP contribution in [0.5, 0.6) is 0 Å². The molecule has 0 atom stereocenters. The lowest BCUT2D eigenvalue weighted by atomic mass is 10.2. The predicted octanol–water partition coefficient (Wildman–Crippen LogP) is 2.22. The molecule has 0 unspecified atom stereocenters. The normalized spacial score (nSPS) is 16.7. The van der Waals surface area contributed by atoms with E-state index >= 15 is 0 Å². The Kier molecular flexibility index (Phi) is 4.27. The number of hydrogen-bond acceptors (Lipinski definition) is 5. The molecule has 1 aliphatic carbocycles. The van der Waals surface area contributed by atoms with Crippen LogP contribution in [0.2, 0.25) is 0 Å². The SMILES string of the molecule is CSC1(CNS(=O)(=O)c2cc([N+](=O)[O-])c(F)cc2C)CC1. The first-order valence-corrected chi connectivity index (χ1v) is 8.91. The third-order valence-corrected chi connectivity index (χ3v) is 6.52. The van der Waals surface area contributed by atoms with E-state index in [1.54, 1.807) is 11.8 Å². The van der Waals surface area contributed by atoms with Gasteiger partial charge in [0.25, 0.3) is 0 Å². The molecule has 0 bridgehead atoms. The summed E-state index contributed by atoms with van der Waals surface area (Å²) >= 11 is 1.59. The van der Waals surface area contributed by atoms with Crippen LogP contribution in [0, 0.1) is 22.9 Å². The first-order chi connectivity index (χ1) is 9.71. The topological polar surface area (TPSA) is 89.3 Å². The van der Waals surface area contributed by atoms with Gasteiger partial charge in [-0.15, -0.1) is 0 Å². The van der Waals surface area contributed by atoms with Crippen molar-refractivity contribution < 1.29 is 17.7 Å². The van der Waals surface area contributed by atoms with E-state index in [1.165, 1.54) is 6.92 Å². The number of nitrogens with one attached hydrogen (secondary N) is 1. The van der Waals surface area contributed by atoms with E-state index < -0.39 is 26.5 Å². The van der Waals surface area contributed by atoms with Gasteiger partial charge >= 0.3 is 5.69 Å². The van der Waals surface area contributed by atoms with Gasteiger partial charge in [-0.05, 0) is 37.7 Å². The van der Waals surface area contributed by atoms with Crippen molar-refractivity contribution in [2.75, 3.05) is 12.8 Å². The average Bonchev–Trinajstić information content (AvgIpc) is 3.16. The van der Waals surface area contributed by atoms with Crippen molar-refractivity contribution in [3.63, 3.8) is 0 Å². The van der Waals surface area contributed by atoms with Crippen molar-refractivity contribution in [3.8, 4) is 0 Å². The molecule has 0 saturated heterocycles. The zero-order valence-electron chi connectivity index (χ0n) is 11.6. The lowest BCUT2D eigenvalue weighted by Gasteiger charge is -2.14. The Hall–Kier alpha value is -1.19. The smallest absolute Gasteiger partial charge is 0.258 e. The summed E-state index contributed by atoms with van der Waals surface area (Å²) in [5.74, 6) is -1.04. The number of thioether (sulfide) groups is 1. The maximum Gasteiger partial charge on any atom is 0.306 e. The summed E-state index contributed by atoms with van der Waals surface area (Å²) < 4.78 is 40.4. The fourth-order valence-electron chi connectivity index (χ4n) is 1.97. The zero-order chi connectivity index (χ0) is 15.8. The fourth-order valence-corrected chi connectivity index (χ4v) is 4.16. The molecule has 116 valence electrons. The molecule has 6 nitrogen and oxygen atoms in total. The Bertz CT molecular complexity index is 687. The molecule has 0 spiro atoms. The van der Waals surface area contributed by atoms with Crippen molar-refractivity contribution in [2.24, 2.45) is 0 Å². The summed E-state index contributed by atoms with van der Waals surface area (Å²) in [5, 5.41) is 10.7. The molecule has 0 aromatic heterocycles. The van der Waals surface area contributed by atoms with E-state index in [4.69, 9.17) is 0 Å². The molecule has 0 amide bonds. The Morgan fingerprint density at radius 3 is 2.57 bits per heavy atom. The third kappa shape index (κ3) is 3.35. The van der Waals surface area contributed by atoms with Crippen molar-refractivity contribution in [2.45, 2.75) is 29.4 Å². The van der Waals surface area contributed by atoms with Gasteiger partial charge in [0.1, 0.15) is 0 Å². The molecule has 1 aromatic rings. The van der Waals surface area contributed by atoms with E-state index in [1.807, 2.05) is 6.26 Å². The van der Waals surface area contributed by atoms with Gasteiger partial charge in [-0.3, -0.25) is 10.1 Å². The van der Waals surface area contributed by atoms with Crippen LogP contribution in [0.4, 0.5) is 10.1 Å². The number of nitro benzene ring substituents is 1. The van der Waals surface area contributed by atoms with Gasteiger partial charge in [0.15, 0.2) is 0 Å². The Labute approximate surface area is 126 Å². The second-order valence-electron chi connectivity index (χ2n) is 5.04. The molecule has 0 heterocycles. The summed E-state index contributed by atoms with van der Waals surface area (Å²) in [4.78, 5) is 9.54. The highest BCUT2D eigenvalue weighted by Gasteiger charge is 2.42. The maximum atomic E-state index is 13.4. The van der Waals surface area contributed by atoms with Crippen LogP contribution in [0.25, 0.3) is 0 Å². The van der Waals surface area contributed by atoms with Crippen LogP contribution in [-0.4, -0.2) is 30.9 Å². The van der Waals surface area contributed by atoms with Gasteiger partial charge in [-0.1, -0.05) is 0 Å². The van der Waals surface area contributed by atoms with Crippen LogP contribution in [0.3, 0.4) is 0 Å². The monoisotopic (exact) mass is 334 g/mol. The lowest BCUT2D eigenvalue weighted by molar-refractivity contribution is -0.387. The largest absolute Gasteiger partial charge is 0.306 e. The molecule has 0 radical (unpaired) electrons. The van der Waals surface area contributed by atoms with Gasteiger partial charge in [0.05, 0.1) is 9.82 Å². The lowest BCUT2D eigenvalue weighted by Crippen LogP contribution is -2.32. The third-order valence-electron chi connectivity index (χ3n) is 3.56. The zero-order valence-corrected chi connectivity index (χ0v) is 13.2. The minimum absolute atomic E-state index is 0.0764. The quantitative estimate of drug-likeness (QED) is 0.636. The maximum absolute atomic E-state index is 13.4. The summed E-state index contributed by atoms with van der Waals surface area (Å²) in [6.45, 7) is 1.67. The minimum Gasteiger partial charge on any atom is -0.258 e. The standard InChI is InChI=1S/C12H15FN2O4S2/c1-8-5-9(13)10(15(16)17)6-11(8)21(18,19)14-7-12(20-2)3-4-12/h5-6,14H,3-4,7H2,1-2H3. The number of hydrogen-bond donors (Lipinski definition) is 1. The van der Waals surface area contributed by atoms with Crippen LogP contribution >= 0.6 is 11.8 Å². The summed E-state index contributed by atoms with van der Waals surface area (Å²) in [6.07, 6.45) is 3.77. The number of rotatable bonds is 6. The molecule has 2 rings (SSSR count). The van der Waals surface area contributed by atoms with Crippen LogP contribution in [-0.2, 0) is 10.0 Å². The number of halogens is 1. The number of aryl methyl sites for hydroxylation is 1. The molecule has 1 aromatic carbocycles. The van der Waals surface area contributed by atoms with Crippen LogP contribution in [0.1, 0.15) is 18.4 Å². The molecule has 1 fully saturated rings. The minimum atomic E-state index is -3.90. The number of nitrogens with zero attached hydrogens (tertiary/aromatic N) is 1. The van der Waals surface area contributed by atoms with E-state index in [2.05, 4.69) is 4.72 Å². The van der Waals surface area contributed by atoms with Crippen molar-refractivity contribution in [1.82, 2.24) is 4.72 Å². The molecular formula is C12H15FN2O4S2. The highest BCUT2D eigenvalue weighted by atomic mass is 32.2. The molecule has 9 heteroatoms. The van der Waals surface area contributed by atoms with Crippen molar-refractivity contribution in [3.05, 3.63) is 33.6 Å². The average molecular weight is 334 g/mol. The molecule has 1 saturated carbocycles. The molecule has 1 N–H and O–H groups in total. The van der Waals surface area contributed by atoms with Crippen molar-refractivity contribution >= 4 is 27.5 Å². The first-order valence-electron chi connectivity index (χ1n) is 6.20. The van der Waals surface area contributed by atoms with Gasteiger partial charge in [-0.25, -0.2) is 13.1 Å². The van der Waals surface area contributed by atoms with E-state index in [0.29, 0.717) is 0 Å². The fraction of sp³-hybridized carbons (Fsp3) is 0.500. The highest BCUT2D eigenvalue weighted by Crippen LogP contribution is 2.46. The first kappa shape index (κ1) is 16.2. The van der Waals surface area contributed by atoms with E-state index in [9.17, 15) is 22.9 Å². The van der Waals surface area contributed by atoms with Gasteiger partial charge in [0.2, 0.25) is 15.8 Å². The van der Waals surface area contributed by atoms with E-state index in [0.717, 1.165) is 25.0 Å². The second kappa shape index (κ2) is 5.54. The summed E-state index contributed by atoms with van der Waals surface area (Å²) in [7, 11) is -3.90. The highest BCUT2D eigenvalue weighted by molar-refractivity contribution is 8.00. The number of benzene rings is 1. The van der Waals surface area contributed by atoms with Gasteiger partial charge in [0, 0.05) is 17.4 Å². The van der Waals surface area contributed by atoms with Gasteiger partial charge in [-0.2, -0.15) is 16.2 Å². The van der Waals surface area contributed by atoms with E-state index in [-0.39, 0.29) is 21.8 Å². The van der Waals surface area contributed by atoms with Crippen molar-refractivity contribution in [1.29, 1.82) is 0 Å². The molecule has 21 heavy (non-hydrogen) atoms. The van der Waals surface area contributed by atoms with Gasteiger partial charge < -0.3 is 0 Å². The molecule has 0 aliphatic heterocycles. The molecule has 1 aliphatic rings. The van der Waals surface area contributed by atoms with Crippen LogP contribution < -0.4 is 4.72 Å². The number of nitro groups is 1.